The first-order valence-corrected chi connectivity index (χ1v) is 10.0. The standard InChI is InChI=1S/C20H29NO3S/c1-13-8-9-15(3)18(10-13)25-12-20(23)24-11-19(22)21-17-7-5-6-14(2)16(17)4/h8-10,14,16-17H,5-7,11-12H2,1-4H3,(H,21,22)/t14-,16+,17-/m0/s1. The van der Waals surface area contributed by atoms with E-state index in [1.54, 1.807) is 0 Å². The molecule has 1 aliphatic carbocycles. The Kier molecular flexibility index (Phi) is 7.36. The van der Waals surface area contributed by atoms with Crippen LogP contribution in [0.2, 0.25) is 0 Å². The Morgan fingerprint density at radius 2 is 2.00 bits per heavy atom. The number of amides is 1. The summed E-state index contributed by atoms with van der Waals surface area (Å²) in [5, 5.41) is 3.02. The van der Waals surface area contributed by atoms with Gasteiger partial charge >= 0.3 is 5.97 Å². The number of carbonyl (C=O) groups is 2. The summed E-state index contributed by atoms with van der Waals surface area (Å²) >= 11 is 1.45. The van der Waals surface area contributed by atoms with Gasteiger partial charge in [-0.05, 0) is 43.7 Å². The lowest BCUT2D eigenvalue weighted by Gasteiger charge is -2.34. The maximum Gasteiger partial charge on any atom is 0.316 e. The molecular formula is C20H29NO3S. The van der Waals surface area contributed by atoms with Crippen LogP contribution < -0.4 is 5.32 Å². The smallest absolute Gasteiger partial charge is 0.316 e. The van der Waals surface area contributed by atoms with E-state index in [4.69, 9.17) is 4.74 Å². The highest BCUT2D eigenvalue weighted by Gasteiger charge is 2.28. The first kappa shape index (κ1) is 19.8. The quantitative estimate of drug-likeness (QED) is 0.615. The van der Waals surface area contributed by atoms with Gasteiger partial charge in [0.1, 0.15) is 0 Å². The molecule has 1 saturated carbocycles. The number of aryl methyl sites for hydroxylation is 2. The third kappa shape index (κ3) is 6.07. The lowest BCUT2D eigenvalue weighted by molar-refractivity contribution is -0.146. The number of thioether (sulfide) groups is 1. The van der Waals surface area contributed by atoms with E-state index in [0.717, 1.165) is 28.9 Å². The topological polar surface area (TPSA) is 55.4 Å². The molecule has 0 bridgehead atoms. The van der Waals surface area contributed by atoms with Crippen molar-refractivity contribution in [1.82, 2.24) is 5.32 Å². The lowest BCUT2D eigenvalue weighted by Crippen LogP contribution is -2.45. The maximum absolute atomic E-state index is 12.0. The predicted molar refractivity (Wildman–Crippen MR) is 102 cm³/mol. The van der Waals surface area contributed by atoms with Gasteiger partial charge < -0.3 is 10.1 Å². The monoisotopic (exact) mass is 363 g/mol. The molecule has 1 aliphatic rings. The number of carbonyl (C=O) groups excluding carboxylic acids is 2. The van der Waals surface area contributed by atoms with E-state index in [2.05, 4.69) is 31.3 Å². The average Bonchev–Trinajstić information content (AvgIpc) is 2.58. The van der Waals surface area contributed by atoms with Crippen molar-refractivity contribution in [2.24, 2.45) is 11.8 Å². The maximum atomic E-state index is 12.0. The fourth-order valence-corrected chi connectivity index (χ4v) is 4.14. The van der Waals surface area contributed by atoms with Crippen molar-refractivity contribution in [2.45, 2.75) is 57.9 Å². The van der Waals surface area contributed by atoms with Crippen LogP contribution in [0.1, 0.15) is 44.2 Å². The number of rotatable bonds is 6. The summed E-state index contributed by atoms with van der Waals surface area (Å²) in [5.41, 5.74) is 2.30. The van der Waals surface area contributed by atoms with Gasteiger partial charge in [0, 0.05) is 10.9 Å². The summed E-state index contributed by atoms with van der Waals surface area (Å²) in [5.74, 6) is 0.750. The highest BCUT2D eigenvalue weighted by atomic mass is 32.2. The largest absolute Gasteiger partial charge is 0.455 e. The molecule has 1 aromatic rings. The van der Waals surface area contributed by atoms with Crippen LogP contribution in [0.5, 0.6) is 0 Å². The van der Waals surface area contributed by atoms with Crippen molar-refractivity contribution in [2.75, 3.05) is 12.4 Å². The van der Waals surface area contributed by atoms with E-state index < -0.39 is 0 Å². The van der Waals surface area contributed by atoms with Gasteiger partial charge in [0.2, 0.25) is 0 Å². The fourth-order valence-electron chi connectivity index (χ4n) is 3.22. The molecule has 0 saturated heterocycles. The fraction of sp³-hybridized carbons (Fsp3) is 0.600. The van der Waals surface area contributed by atoms with Crippen LogP contribution in [0, 0.1) is 25.7 Å². The Hall–Kier alpha value is -1.49. The van der Waals surface area contributed by atoms with Crippen molar-refractivity contribution in [3.63, 3.8) is 0 Å². The van der Waals surface area contributed by atoms with Gasteiger partial charge in [-0.1, -0.05) is 44.4 Å². The molecular weight excluding hydrogens is 334 g/mol. The second-order valence-corrected chi connectivity index (χ2v) is 8.18. The second kappa shape index (κ2) is 9.27. The van der Waals surface area contributed by atoms with Gasteiger partial charge in [0.05, 0.1) is 5.75 Å². The van der Waals surface area contributed by atoms with Crippen LogP contribution in [-0.4, -0.2) is 30.3 Å². The van der Waals surface area contributed by atoms with Crippen molar-refractivity contribution >= 4 is 23.6 Å². The SMILES string of the molecule is Cc1ccc(C)c(SCC(=O)OCC(=O)N[C@H]2CCC[C@H](C)[C@H]2C)c1. The van der Waals surface area contributed by atoms with E-state index in [0.29, 0.717) is 11.8 Å². The van der Waals surface area contributed by atoms with Gasteiger partial charge in [-0.2, -0.15) is 0 Å². The van der Waals surface area contributed by atoms with E-state index in [-0.39, 0.29) is 30.3 Å². The van der Waals surface area contributed by atoms with E-state index >= 15 is 0 Å². The summed E-state index contributed by atoms with van der Waals surface area (Å²) < 4.78 is 5.13. The third-order valence-corrected chi connectivity index (χ3v) is 6.24. The second-order valence-electron chi connectivity index (χ2n) is 7.16. The average molecular weight is 364 g/mol. The summed E-state index contributed by atoms with van der Waals surface area (Å²) in [7, 11) is 0. The highest BCUT2D eigenvalue weighted by molar-refractivity contribution is 8.00. The van der Waals surface area contributed by atoms with Crippen molar-refractivity contribution < 1.29 is 14.3 Å². The summed E-state index contributed by atoms with van der Waals surface area (Å²) in [4.78, 5) is 25.0. The molecule has 1 amide bonds. The lowest BCUT2D eigenvalue weighted by atomic mass is 9.78. The van der Waals surface area contributed by atoms with E-state index in [1.165, 1.54) is 18.2 Å². The molecule has 138 valence electrons. The molecule has 0 radical (unpaired) electrons. The number of benzene rings is 1. The summed E-state index contributed by atoms with van der Waals surface area (Å²) in [6, 6.07) is 6.35. The van der Waals surface area contributed by atoms with Crippen LogP contribution in [0.25, 0.3) is 0 Å². The van der Waals surface area contributed by atoms with Crippen molar-refractivity contribution in [3.8, 4) is 0 Å². The number of hydrogen-bond acceptors (Lipinski definition) is 4. The number of nitrogens with one attached hydrogen (secondary N) is 1. The molecule has 3 atom stereocenters. The Bertz CT molecular complexity index is 617. The molecule has 2 rings (SSSR count). The summed E-state index contributed by atoms with van der Waals surface area (Å²) in [6.07, 6.45) is 3.37. The predicted octanol–water partition coefficient (Wildman–Crippen LogP) is 3.88. The van der Waals surface area contributed by atoms with Crippen LogP contribution in [0.15, 0.2) is 23.1 Å². The zero-order valence-corrected chi connectivity index (χ0v) is 16.4. The molecule has 0 unspecified atom stereocenters. The summed E-state index contributed by atoms with van der Waals surface area (Å²) in [6.45, 7) is 8.27. The minimum atomic E-state index is -0.355. The number of hydrogen-bond donors (Lipinski definition) is 1. The van der Waals surface area contributed by atoms with Gasteiger partial charge in [-0.25, -0.2) is 0 Å². The van der Waals surface area contributed by atoms with Gasteiger partial charge in [-0.15, -0.1) is 11.8 Å². The Morgan fingerprint density at radius 3 is 2.76 bits per heavy atom. The molecule has 1 fully saturated rings. The molecule has 0 heterocycles. The third-order valence-electron chi connectivity index (χ3n) is 5.11. The minimum Gasteiger partial charge on any atom is -0.455 e. The van der Waals surface area contributed by atoms with Crippen LogP contribution >= 0.6 is 11.8 Å². The van der Waals surface area contributed by atoms with E-state index in [9.17, 15) is 9.59 Å². The Balaban J connectivity index is 1.72. The van der Waals surface area contributed by atoms with Gasteiger partial charge in [0.25, 0.3) is 5.91 Å². The van der Waals surface area contributed by atoms with Crippen molar-refractivity contribution in [1.29, 1.82) is 0 Å². The van der Waals surface area contributed by atoms with Gasteiger partial charge in [-0.3, -0.25) is 9.59 Å². The van der Waals surface area contributed by atoms with Gasteiger partial charge in [0.15, 0.2) is 6.61 Å². The molecule has 4 nitrogen and oxygen atoms in total. The molecule has 1 aromatic carbocycles. The number of ether oxygens (including phenoxy) is 1. The number of esters is 1. The Labute approximate surface area is 155 Å². The van der Waals surface area contributed by atoms with Crippen LogP contribution in [-0.2, 0) is 14.3 Å². The van der Waals surface area contributed by atoms with E-state index in [1.807, 2.05) is 19.9 Å². The van der Waals surface area contributed by atoms with Crippen molar-refractivity contribution in [3.05, 3.63) is 29.3 Å². The van der Waals surface area contributed by atoms with Crippen LogP contribution in [0.3, 0.4) is 0 Å². The molecule has 1 N–H and O–H groups in total. The zero-order valence-electron chi connectivity index (χ0n) is 15.6. The highest BCUT2D eigenvalue weighted by Crippen LogP contribution is 2.29. The zero-order chi connectivity index (χ0) is 18.4. The molecule has 5 heteroatoms. The Morgan fingerprint density at radius 1 is 1.24 bits per heavy atom. The molecule has 25 heavy (non-hydrogen) atoms. The first-order valence-electron chi connectivity index (χ1n) is 9.02. The molecule has 0 aliphatic heterocycles. The molecule has 0 spiro atoms. The minimum absolute atomic E-state index is 0.191. The molecule has 0 aromatic heterocycles. The first-order chi connectivity index (χ1) is 11.9. The van der Waals surface area contributed by atoms with Crippen LogP contribution in [0.4, 0.5) is 0 Å². The normalized spacial score (nSPS) is 23.1.